The third kappa shape index (κ3) is 11.6. The predicted octanol–water partition coefficient (Wildman–Crippen LogP) is 11.7. The van der Waals surface area contributed by atoms with Crippen LogP contribution in [0.15, 0.2) is 103 Å². The zero-order chi connectivity index (χ0) is 42.1. The van der Waals surface area contributed by atoms with E-state index in [0.717, 1.165) is 12.1 Å². The van der Waals surface area contributed by atoms with Gasteiger partial charge < -0.3 is 33.8 Å². The Kier molecular flexibility index (Phi) is 11.8. The number of halogens is 12. The van der Waals surface area contributed by atoms with Gasteiger partial charge in [0, 0.05) is 23.3 Å². The Morgan fingerprint density at radius 3 is 1.21 bits per heavy atom. The van der Waals surface area contributed by atoms with Crippen LogP contribution >= 0.6 is 8.25 Å². The molecule has 0 amide bonds. The summed E-state index contributed by atoms with van der Waals surface area (Å²) >= 11 is 0. The molecule has 0 atom stereocenters. The van der Waals surface area contributed by atoms with Crippen LogP contribution in [0.4, 0.5) is 52.7 Å². The lowest BCUT2D eigenvalue weighted by Gasteiger charge is -2.19. The number of aromatic hydroxyl groups is 1. The molecular formula is C36H21F12O8P. The van der Waals surface area contributed by atoms with E-state index < -0.39 is 68.0 Å². The summed E-state index contributed by atoms with van der Waals surface area (Å²) in [5.41, 5.74) is -0.914. The molecule has 0 bridgehead atoms. The molecule has 0 radical (unpaired) electrons. The number of benzene rings is 6. The summed E-state index contributed by atoms with van der Waals surface area (Å²) in [6.07, 6.45) is -21.3. The van der Waals surface area contributed by atoms with Gasteiger partial charge in [-0.2, -0.15) is 0 Å². The largest absolute Gasteiger partial charge is 0.573 e. The standard InChI is InChI=1S/C36H18F12O5.H3O3P/c37-33(38,39)50-23-10-21(11-24(16-23)51-34(40,41)42)20-9-18-5-1-3-7-27(18)30(15-20)31-28-8-4-2-6-19(28)14-29(32(31)49)22-12-25(52-35(43,44)45)17-26(13-22)53-36(46,47)48;1-4(2)3/h1-17,49H;4H,(H2,1,2,3). The first kappa shape index (κ1) is 42.3. The second-order valence-electron chi connectivity index (χ2n) is 11.5. The summed E-state index contributed by atoms with van der Waals surface area (Å²) < 4.78 is 183. The van der Waals surface area contributed by atoms with Gasteiger partial charge in [-0.15, -0.1) is 52.7 Å². The van der Waals surface area contributed by atoms with Crippen molar-refractivity contribution in [3.05, 3.63) is 103 Å². The molecule has 57 heavy (non-hydrogen) atoms. The molecule has 0 spiro atoms. The minimum absolute atomic E-state index is 0.00586. The van der Waals surface area contributed by atoms with Gasteiger partial charge in [0.2, 0.25) is 0 Å². The third-order valence-corrected chi connectivity index (χ3v) is 7.49. The summed E-state index contributed by atoms with van der Waals surface area (Å²) in [5, 5.41) is 13.2. The van der Waals surface area contributed by atoms with Gasteiger partial charge in [-0.25, -0.2) is 0 Å². The zero-order valence-corrected chi connectivity index (χ0v) is 28.7. The zero-order valence-electron chi connectivity index (χ0n) is 27.7. The molecule has 6 aromatic rings. The highest BCUT2D eigenvalue weighted by molar-refractivity contribution is 7.30. The van der Waals surface area contributed by atoms with Crippen LogP contribution in [0.1, 0.15) is 0 Å². The first-order chi connectivity index (χ1) is 26.3. The van der Waals surface area contributed by atoms with Crippen LogP contribution in [-0.2, 0) is 4.57 Å². The Bertz CT molecular complexity index is 2370. The molecule has 0 aliphatic heterocycles. The number of hydrogen-bond acceptors (Lipinski definition) is 6. The molecule has 0 aliphatic rings. The highest BCUT2D eigenvalue weighted by Gasteiger charge is 2.36. The summed E-state index contributed by atoms with van der Waals surface area (Å²) in [5.74, 6) is -5.03. The van der Waals surface area contributed by atoms with E-state index in [-0.39, 0.29) is 27.8 Å². The van der Waals surface area contributed by atoms with Crippen molar-refractivity contribution in [2.45, 2.75) is 25.4 Å². The quantitative estimate of drug-likeness (QED) is 0.108. The van der Waals surface area contributed by atoms with Gasteiger partial charge in [0.25, 0.3) is 0 Å². The topological polar surface area (TPSA) is 115 Å². The minimum Gasteiger partial charge on any atom is -0.507 e. The maximum Gasteiger partial charge on any atom is 0.573 e. The highest BCUT2D eigenvalue weighted by Crippen LogP contribution is 2.49. The molecule has 0 saturated heterocycles. The molecule has 21 heteroatoms. The van der Waals surface area contributed by atoms with Crippen molar-refractivity contribution in [2.75, 3.05) is 0 Å². The normalized spacial score (nSPS) is 12.3. The van der Waals surface area contributed by atoms with Crippen molar-refractivity contribution in [2.24, 2.45) is 0 Å². The molecule has 6 aromatic carbocycles. The minimum atomic E-state index is -5.34. The van der Waals surface area contributed by atoms with Crippen molar-refractivity contribution in [1.29, 1.82) is 0 Å². The molecule has 302 valence electrons. The Labute approximate surface area is 311 Å². The van der Waals surface area contributed by atoms with Gasteiger partial charge in [0.15, 0.2) is 0 Å². The molecule has 0 aliphatic carbocycles. The van der Waals surface area contributed by atoms with Gasteiger partial charge in [-0.1, -0.05) is 48.5 Å². The Balaban J connectivity index is 0.00000148. The first-order valence-electron chi connectivity index (χ1n) is 15.4. The fourth-order valence-corrected chi connectivity index (χ4v) is 5.75. The monoisotopic (exact) mass is 840 g/mol. The predicted molar refractivity (Wildman–Crippen MR) is 180 cm³/mol. The second-order valence-corrected chi connectivity index (χ2v) is 12.0. The lowest BCUT2D eigenvalue weighted by Crippen LogP contribution is -2.19. The average molecular weight is 841 g/mol. The van der Waals surface area contributed by atoms with Gasteiger partial charge in [-0.3, -0.25) is 4.57 Å². The van der Waals surface area contributed by atoms with Crippen LogP contribution in [0.2, 0.25) is 0 Å². The van der Waals surface area contributed by atoms with Crippen LogP contribution in [0.25, 0.3) is 54.9 Å². The molecule has 8 nitrogen and oxygen atoms in total. The van der Waals surface area contributed by atoms with E-state index in [1.165, 1.54) is 30.3 Å². The number of phenolic OH excluding ortho intramolecular Hbond substituents is 1. The van der Waals surface area contributed by atoms with Crippen LogP contribution in [0.5, 0.6) is 28.7 Å². The molecule has 0 heterocycles. The number of alkyl halides is 12. The Morgan fingerprint density at radius 1 is 0.439 bits per heavy atom. The van der Waals surface area contributed by atoms with Gasteiger partial charge in [0.1, 0.15) is 28.7 Å². The summed E-state index contributed by atoms with van der Waals surface area (Å²) in [7, 11) is -3.13. The number of phenols is 1. The maximum absolute atomic E-state index is 13.2. The Hall–Kier alpha value is -5.85. The van der Waals surface area contributed by atoms with Gasteiger partial charge in [0.05, 0.1) is 0 Å². The lowest BCUT2D eigenvalue weighted by atomic mass is 9.87. The van der Waals surface area contributed by atoms with E-state index in [9.17, 15) is 57.8 Å². The van der Waals surface area contributed by atoms with Crippen molar-refractivity contribution >= 4 is 29.8 Å². The van der Waals surface area contributed by atoms with E-state index in [1.807, 2.05) is 0 Å². The summed E-state index contributed by atoms with van der Waals surface area (Å²) in [4.78, 5) is 14.3. The highest BCUT2D eigenvalue weighted by atomic mass is 31.1. The van der Waals surface area contributed by atoms with E-state index in [4.69, 9.17) is 14.4 Å². The molecule has 0 aromatic heterocycles. The van der Waals surface area contributed by atoms with E-state index in [0.29, 0.717) is 45.8 Å². The summed E-state index contributed by atoms with van der Waals surface area (Å²) in [6.45, 7) is 0. The molecule has 6 rings (SSSR count). The van der Waals surface area contributed by atoms with Crippen molar-refractivity contribution in [3.63, 3.8) is 0 Å². The first-order valence-corrected chi connectivity index (χ1v) is 16.7. The number of fused-ring (bicyclic) bond motifs is 2. The van der Waals surface area contributed by atoms with Crippen molar-refractivity contribution in [1.82, 2.24) is 0 Å². The van der Waals surface area contributed by atoms with Crippen LogP contribution in [0.3, 0.4) is 0 Å². The van der Waals surface area contributed by atoms with Crippen LogP contribution in [0, 0.1) is 0 Å². The smallest absolute Gasteiger partial charge is 0.507 e. The fraction of sp³-hybridized carbons (Fsp3) is 0.111. The van der Waals surface area contributed by atoms with Gasteiger partial charge in [-0.05, 0) is 86.3 Å². The van der Waals surface area contributed by atoms with Gasteiger partial charge >= 0.3 is 33.7 Å². The molecule has 0 saturated carbocycles. The number of rotatable bonds is 7. The third-order valence-electron chi connectivity index (χ3n) is 7.49. The van der Waals surface area contributed by atoms with Crippen LogP contribution in [-0.4, -0.2) is 40.3 Å². The molecule has 0 fully saturated rings. The SMILES string of the molecule is O=[PH](O)O.Oc1c(-c2cc(OC(F)(F)F)cc(OC(F)(F)F)c2)cc2ccccc2c1-c1cc(-c2cc(OC(F)(F)F)cc(OC(F)(F)F)c2)cc2ccccc12. The van der Waals surface area contributed by atoms with Crippen molar-refractivity contribution in [3.8, 4) is 62.1 Å². The summed E-state index contributed by atoms with van der Waals surface area (Å²) in [6, 6.07) is 20.2. The van der Waals surface area contributed by atoms with E-state index in [2.05, 4.69) is 18.9 Å². The Morgan fingerprint density at radius 2 is 0.789 bits per heavy atom. The van der Waals surface area contributed by atoms with Crippen LogP contribution < -0.4 is 18.9 Å². The maximum atomic E-state index is 13.2. The van der Waals surface area contributed by atoms with Crippen molar-refractivity contribution < 1.29 is 91.1 Å². The van der Waals surface area contributed by atoms with E-state index >= 15 is 0 Å². The molecule has 3 N–H and O–H groups in total. The fourth-order valence-electron chi connectivity index (χ4n) is 5.75. The number of ether oxygens (including phenoxy) is 4. The average Bonchev–Trinajstić information content (AvgIpc) is 3.04. The molecule has 0 unspecified atom stereocenters. The van der Waals surface area contributed by atoms with E-state index in [1.54, 1.807) is 36.4 Å². The molecular weight excluding hydrogens is 819 g/mol. The lowest BCUT2D eigenvalue weighted by molar-refractivity contribution is -0.278. The second kappa shape index (κ2) is 16.0. The number of hydrogen-bond donors (Lipinski definition) is 3.